The number of halogens is 1. The van der Waals surface area contributed by atoms with Crippen LogP contribution in [0.3, 0.4) is 0 Å². The molecule has 0 unspecified atom stereocenters. The summed E-state index contributed by atoms with van der Waals surface area (Å²) in [7, 11) is -3.59. The second kappa shape index (κ2) is 5.72. The van der Waals surface area contributed by atoms with Gasteiger partial charge in [0.25, 0.3) is 0 Å². The maximum absolute atomic E-state index is 12.2. The van der Waals surface area contributed by atoms with Crippen molar-refractivity contribution in [3.05, 3.63) is 58.9 Å². The maximum Gasteiger partial charge on any atom is 0.240 e. The molecule has 0 aliphatic heterocycles. The third-order valence-corrected chi connectivity index (χ3v) is 4.91. The van der Waals surface area contributed by atoms with Crippen LogP contribution >= 0.6 is 11.6 Å². The van der Waals surface area contributed by atoms with Crippen molar-refractivity contribution in [1.82, 2.24) is 14.7 Å². The van der Waals surface area contributed by atoms with Crippen molar-refractivity contribution < 1.29 is 8.42 Å². The molecule has 114 valence electrons. The number of sulfonamides is 1. The zero-order chi connectivity index (χ0) is 15.7. The Bertz CT molecular complexity index is 918. The molecule has 0 fully saturated rings. The maximum atomic E-state index is 12.2. The minimum Gasteiger partial charge on any atom is -0.341 e. The van der Waals surface area contributed by atoms with Gasteiger partial charge in [0.05, 0.1) is 22.5 Å². The van der Waals surface area contributed by atoms with Crippen LogP contribution in [-0.2, 0) is 16.6 Å². The molecule has 3 rings (SSSR count). The van der Waals surface area contributed by atoms with Crippen LogP contribution < -0.4 is 4.72 Å². The van der Waals surface area contributed by atoms with E-state index < -0.39 is 10.0 Å². The molecule has 0 aliphatic rings. The molecular weight excluding hydrogens is 322 g/mol. The van der Waals surface area contributed by atoms with Crippen LogP contribution in [-0.4, -0.2) is 18.4 Å². The van der Waals surface area contributed by atoms with E-state index in [1.165, 1.54) is 12.1 Å². The predicted molar refractivity (Wildman–Crippen MR) is 86.3 cm³/mol. The number of aryl methyl sites for hydroxylation is 1. The van der Waals surface area contributed by atoms with E-state index in [9.17, 15) is 8.42 Å². The van der Waals surface area contributed by atoms with Gasteiger partial charge in [0.1, 0.15) is 5.82 Å². The van der Waals surface area contributed by atoms with Gasteiger partial charge in [0.2, 0.25) is 10.0 Å². The average Bonchev–Trinajstić information content (AvgIpc) is 2.88. The van der Waals surface area contributed by atoms with Crippen LogP contribution in [0, 0.1) is 6.92 Å². The molecule has 2 aromatic carbocycles. The van der Waals surface area contributed by atoms with Gasteiger partial charge >= 0.3 is 0 Å². The van der Waals surface area contributed by atoms with Gasteiger partial charge < -0.3 is 4.98 Å². The number of imidazole rings is 1. The van der Waals surface area contributed by atoms with E-state index in [1.807, 2.05) is 25.1 Å². The quantitative estimate of drug-likeness (QED) is 0.769. The first-order valence-corrected chi connectivity index (χ1v) is 8.51. The van der Waals surface area contributed by atoms with Gasteiger partial charge in [-0.15, -0.1) is 0 Å². The highest BCUT2D eigenvalue weighted by Gasteiger charge is 2.14. The van der Waals surface area contributed by atoms with Crippen LogP contribution in [0.4, 0.5) is 0 Å². The Morgan fingerprint density at radius 2 is 1.91 bits per heavy atom. The predicted octanol–water partition coefficient (Wildman–Crippen LogP) is 3.00. The lowest BCUT2D eigenvalue weighted by Gasteiger charge is -2.05. The van der Waals surface area contributed by atoms with Crippen molar-refractivity contribution in [2.24, 2.45) is 0 Å². The van der Waals surface area contributed by atoms with Crippen molar-refractivity contribution in [2.45, 2.75) is 18.4 Å². The van der Waals surface area contributed by atoms with E-state index in [1.54, 1.807) is 12.1 Å². The highest BCUT2D eigenvalue weighted by molar-refractivity contribution is 7.89. The average molecular weight is 336 g/mol. The molecule has 3 aromatic rings. The third kappa shape index (κ3) is 3.14. The molecule has 2 N–H and O–H groups in total. The number of hydrogen-bond acceptors (Lipinski definition) is 3. The fourth-order valence-corrected chi connectivity index (χ4v) is 3.23. The molecule has 0 amide bonds. The summed E-state index contributed by atoms with van der Waals surface area (Å²) < 4.78 is 26.9. The Kier molecular flexibility index (Phi) is 3.90. The van der Waals surface area contributed by atoms with Crippen molar-refractivity contribution >= 4 is 32.7 Å². The Labute approximate surface area is 133 Å². The number of nitrogens with zero attached hydrogens (tertiary/aromatic N) is 1. The van der Waals surface area contributed by atoms with Crippen molar-refractivity contribution in [3.8, 4) is 0 Å². The second-order valence-corrected chi connectivity index (χ2v) is 7.19. The molecule has 7 heteroatoms. The molecule has 1 heterocycles. The zero-order valence-corrected chi connectivity index (χ0v) is 13.4. The van der Waals surface area contributed by atoms with E-state index in [0.29, 0.717) is 10.8 Å². The number of fused-ring (bicyclic) bond motifs is 1. The normalized spacial score (nSPS) is 11.9. The number of aromatic amines is 1. The van der Waals surface area contributed by atoms with Gasteiger partial charge in [-0.2, -0.15) is 0 Å². The number of nitrogens with one attached hydrogen (secondary N) is 2. The van der Waals surface area contributed by atoms with Gasteiger partial charge in [0.15, 0.2) is 0 Å². The number of rotatable bonds is 4. The Hall–Kier alpha value is -1.89. The lowest BCUT2D eigenvalue weighted by Crippen LogP contribution is -2.23. The molecule has 0 saturated heterocycles. The van der Waals surface area contributed by atoms with E-state index in [-0.39, 0.29) is 11.4 Å². The van der Waals surface area contributed by atoms with Gasteiger partial charge in [-0.25, -0.2) is 18.1 Å². The third-order valence-electron chi connectivity index (χ3n) is 3.24. The molecule has 5 nitrogen and oxygen atoms in total. The van der Waals surface area contributed by atoms with Gasteiger partial charge in [-0.1, -0.05) is 17.7 Å². The summed E-state index contributed by atoms with van der Waals surface area (Å²) in [5.74, 6) is 0.568. The molecule has 0 atom stereocenters. The molecular formula is C15H14ClN3O2S. The van der Waals surface area contributed by atoms with Crippen molar-refractivity contribution in [3.63, 3.8) is 0 Å². The molecule has 0 aliphatic carbocycles. The first-order valence-electron chi connectivity index (χ1n) is 6.64. The van der Waals surface area contributed by atoms with E-state index in [0.717, 1.165) is 16.6 Å². The first kappa shape index (κ1) is 15.0. The summed E-state index contributed by atoms with van der Waals surface area (Å²) in [5.41, 5.74) is 2.82. The van der Waals surface area contributed by atoms with Crippen LogP contribution in [0.2, 0.25) is 5.02 Å². The van der Waals surface area contributed by atoms with Crippen LogP contribution in [0.25, 0.3) is 11.0 Å². The number of hydrogen-bond donors (Lipinski definition) is 2. The second-order valence-electron chi connectivity index (χ2n) is 4.98. The molecule has 0 saturated carbocycles. The minimum atomic E-state index is -3.59. The standard InChI is InChI=1S/C15H14ClN3O2S/c1-10-2-7-13-14(8-10)19-15(18-13)9-17-22(20,21)12-5-3-11(16)4-6-12/h2-8,17H,9H2,1H3,(H,18,19). The largest absolute Gasteiger partial charge is 0.341 e. The lowest BCUT2D eigenvalue weighted by molar-refractivity contribution is 0.579. The summed E-state index contributed by atoms with van der Waals surface area (Å²) in [6.45, 7) is 2.09. The van der Waals surface area contributed by atoms with Gasteiger partial charge in [-0.05, 0) is 48.9 Å². The Morgan fingerprint density at radius 1 is 1.18 bits per heavy atom. The first-order chi connectivity index (χ1) is 10.4. The molecule has 0 spiro atoms. The van der Waals surface area contributed by atoms with Crippen molar-refractivity contribution in [2.75, 3.05) is 0 Å². The summed E-state index contributed by atoms with van der Waals surface area (Å²) in [4.78, 5) is 7.64. The number of benzene rings is 2. The zero-order valence-electron chi connectivity index (χ0n) is 11.8. The fraction of sp³-hybridized carbons (Fsp3) is 0.133. The summed E-state index contributed by atoms with van der Waals surface area (Å²) in [6.07, 6.45) is 0. The fourth-order valence-electron chi connectivity index (χ4n) is 2.12. The number of aromatic nitrogens is 2. The molecule has 0 bridgehead atoms. The topological polar surface area (TPSA) is 74.8 Å². The van der Waals surface area contributed by atoms with Crippen LogP contribution in [0.5, 0.6) is 0 Å². The van der Waals surface area contributed by atoms with Crippen molar-refractivity contribution in [1.29, 1.82) is 0 Å². The monoisotopic (exact) mass is 335 g/mol. The highest BCUT2D eigenvalue weighted by atomic mass is 35.5. The van der Waals surface area contributed by atoms with Gasteiger partial charge in [-0.3, -0.25) is 0 Å². The smallest absolute Gasteiger partial charge is 0.240 e. The minimum absolute atomic E-state index is 0.0959. The van der Waals surface area contributed by atoms with Gasteiger partial charge in [0, 0.05) is 5.02 Å². The van der Waals surface area contributed by atoms with Crippen LogP contribution in [0.15, 0.2) is 47.4 Å². The Morgan fingerprint density at radius 3 is 2.64 bits per heavy atom. The molecule has 1 aromatic heterocycles. The van der Waals surface area contributed by atoms with E-state index >= 15 is 0 Å². The number of H-pyrrole nitrogens is 1. The summed E-state index contributed by atoms with van der Waals surface area (Å²) >= 11 is 5.76. The van der Waals surface area contributed by atoms with E-state index in [4.69, 9.17) is 11.6 Å². The summed E-state index contributed by atoms with van der Waals surface area (Å²) in [5, 5.41) is 0.492. The SMILES string of the molecule is Cc1ccc2nc(CNS(=O)(=O)c3ccc(Cl)cc3)[nH]c2c1. The highest BCUT2D eigenvalue weighted by Crippen LogP contribution is 2.15. The summed E-state index contributed by atoms with van der Waals surface area (Å²) in [6, 6.07) is 11.8. The lowest BCUT2D eigenvalue weighted by atomic mass is 10.2. The van der Waals surface area contributed by atoms with E-state index in [2.05, 4.69) is 14.7 Å². The Balaban J connectivity index is 1.79. The molecule has 22 heavy (non-hydrogen) atoms. The molecule has 0 radical (unpaired) electrons. The van der Waals surface area contributed by atoms with Crippen LogP contribution in [0.1, 0.15) is 11.4 Å².